The number of carbonyl (C=O) groups is 1. The molecule has 2 aromatic rings. The number of fused-ring (bicyclic) bond motifs is 1. The number of aliphatic hydroxyl groups excluding tert-OH is 1. The number of benzene rings is 1. The van der Waals surface area contributed by atoms with E-state index in [0.717, 1.165) is 61.8 Å². The summed E-state index contributed by atoms with van der Waals surface area (Å²) < 4.78 is 0. The number of rotatable bonds is 8. The van der Waals surface area contributed by atoms with Gasteiger partial charge in [-0.1, -0.05) is 6.07 Å². The average Bonchev–Trinajstić information content (AvgIpc) is 2.88. The third-order valence-corrected chi connectivity index (χ3v) is 8.02. The molecular weight excluding hydrogens is 468 g/mol. The van der Waals surface area contributed by atoms with Crippen LogP contribution >= 0.6 is 0 Å². The Morgan fingerprint density at radius 2 is 1.92 bits per heavy atom. The summed E-state index contributed by atoms with van der Waals surface area (Å²) in [6.07, 6.45) is 3.39. The molecule has 0 spiro atoms. The maximum Gasteiger partial charge on any atom is 0.251 e. The summed E-state index contributed by atoms with van der Waals surface area (Å²) in [7, 11) is 0. The lowest BCUT2D eigenvalue weighted by Gasteiger charge is -2.38. The van der Waals surface area contributed by atoms with Gasteiger partial charge in [0.25, 0.3) is 5.91 Å². The van der Waals surface area contributed by atoms with Crippen LogP contribution in [-0.4, -0.2) is 83.0 Å². The van der Waals surface area contributed by atoms with Crippen molar-refractivity contribution < 1.29 is 15.0 Å². The Balaban J connectivity index is 1.24. The first-order chi connectivity index (χ1) is 17.9. The second-order valence-corrected chi connectivity index (χ2v) is 10.9. The molecule has 5 N–H and O–H groups in total. The van der Waals surface area contributed by atoms with Crippen LogP contribution in [0.3, 0.4) is 0 Å². The minimum atomic E-state index is -0.733. The summed E-state index contributed by atoms with van der Waals surface area (Å²) in [5.41, 5.74) is 2.70. The monoisotopic (exact) mass is 508 g/mol. The Kier molecular flexibility index (Phi) is 7.83. The third-order valence-electron chi connectivity index (χ3n) is 8.02. The zero-order chi connectivity index (χ0) is 25.9. The van der Waals surface area contributed by atoms with Crippen molar-refractivity contribution in [1.29, 1.82) is 0 Å². The molecule has 200 valence electrons. The van der Waals surface area contributed by atoms with Crippen molar-refractivity contribution in [3.8, 4) is 5.75 Å². The number of aromatic nitrogens is 1. The van der Waals surface area contributed by atoms with Crippen molar-refractivity contribution in [3.05, 3.63) is 47.0 Å². The Bertz CT molecular complexity index is 1100. The molecule has 1 amide bonds. The Morgan fingerprint density at radius 3 is 2.62 bits per heavy atom. The van der Waals surface area contributed by atoms with Crippen molar-refractivity contribution in [2.45, 2.75) is 70.3 Å². The molecule has 2 atom stereocenters. The van der Waals surface area contributed by atoms with Crippen molar-refractivity contribution in [3.63, 3.8) is 0 Å². The molecule has 1 saturated carbocycles. The average molecular weight is 509 g/mol. The highest BCUT2D eigenvalue weighted by Crippen LogP contribution is 2.26. The van der Waals surface area contributed by atoms with Crippen molar-refractivity contribution >= 4 is 17.5 Å². The van der Waals surface area contributed by atoms with Crippen LogP contribution in [0.2, 0.25) is 0 Å². The van der Waals surface area contributed by atoms with Crippen LogP contribution in [0.5, 0.6) is 5.75 Å². The summed E-state index contributed by atoms with van der Waals surface area (Å²) in [4.78, 5) is 22.8. The summed E-state index contributed by atoms with van der Waals surface area (Å²) >= 11 is 0. The fourth-order valence-electron chi connectivity index (χ4n) is 5.35. The molecule has 1 saturated heterocycles. The molecule has 1 unspecified atom stereocenters. The molecule has 0 radical (unpaired) electrons. The van der Waals surface area contributed by atoms with Gasteiger partial charge >= 0.3 is 0 Å². The summed E-state index contributed by atoms with van der Waals surface area (Å²) in [6, 6.07) is 9.81. The number of aliphatic hydroxyl groups is 1. The number of hydrogen-bond acceptors (Lipinski definition) is 8. The number of anilines is 2. The van der Waals surface area contributed by atoms with Gasteiger partial charge in [0, 0.05) is 63.0 Å². The third kappa shape index (κ3) is 6.17. The lowest BCUT2D eigenvalue weighted by atomic mass is 9.92. The SMILES string of the molecule is CC(C)N1CCN(c2cc(C(=O)NCC(O)[C@@H]3Cc4ccc(O)cc4CN3)cc(NC3CCC3)n2)CC1. The van der Waals surface area contributed by atoms with E-state index in [4.69, 9.17) is 4.98 Å². The largest absolute Gasteiger partial charge is 0.508 e. The number of hydrogen-bond donors (Lipinski definition) is 5. The number of nitrogens with one attached hydrogen (secondary N) is 3. The highest BCUT2D eigenvalue weighted by molar-refractivity contribution is 5.95. The Hall–Kier alpha value is -2.88. The van der Waals surface area contributed by atoms with Crippen LogP contribution in [0.4, 0.5) is 11.6 Å². The van der Waals surface area contributed by atoms with Gasteiger partial charge in [-0.3, -0.25) is 9.69 Å². The number of piperazine rings is 1. The first kappa shape index (κ1) is 25.8. The van der Waals surface area contributed by atoms with E-state index in [2.05, 4.69) is 39.6 Å². The van der Waals surface area contributed by atoms with E-state index in [1.165, 1.54) is 6.42 Å². The normalized spacial score (nSPS) is 21.3. The van der Waals surface area contributed by atoms with Gasteiger partial charge in [0.15, 0.2) is 0 Å². The number of amides is 1. The molecule has 37 heavy (non-hydrogen) atoms. The fraction of sp³-hybridized carbons (Fsp3) is 0.571. The van der Waals surface area contributed by atoms with E-state index in [9.17, 15) is 15.0 Å². The number of phenolic OH excluding ortho intramolecular Hbond substituents is 1. The van der Waals surface area contributed by atoms with E-state index in [1.54, 1.807) is 12.1 Å². The van der Waals surface area contributed by atoms with Gasteiger partial charge in [-0.25, -0.2) is 4.98 Å². The van der Waals surface area contributed by atoms with E-state index < -0.39 is 6.10 Å². The molecule has 1 aromatic carbocycles. The number of aromatic hydroxyl groups is 1. The van der Waals surface area contributed by atoms with Gasteiger partial charge < -0.3 is 31.1 Å². The van der Waals surface area contributed by atoms with E-state index >= 15 is 0 Å². The van der Waals surface area contributed by atoms with Gasteiger partial charge in [-0.15, -0.1) is 0 Å². The molecule has 1 aromatic heterocycles. The van der Waals surface area contributed by atoms with Crippen LogP contribution in [-0.2, 0) is 13.0 Å². The molecule has 9 heteroatoms. The first-order valence-corrected chi connectivity index (χ1v) is 13.6. The highest BCUT2D eigenvalue weighted by atomic mass is 16.3. The predicted octanol–water partition coefficient (Wildman–Crippen LogP) is 2.09. The standard InChI is InChI=1S/C28H40N6O3/c1-18(2)33-8-10-34(11-9-33)27-15-20(14-26(32-27)31-22-4-3-5-22)28(37)30-17-25(36)24-13-19-6-7-23(35)12-21(19)16-29-24/h6-7,12,14-15,18,22,24-25,29,35-36H,3-5,8-11,13,16-17H2,1-2H3,(H,30,37)(H,31,32)/t24-,25?/m0/s1. The molecule has 3 aliphatic rings. The number of pyridine rings is 1. The van der Waals surface area contributed by atoms with Crippen LogP contribution in [0.25, 0.3) is 0 Å². The van der Waals surface area contributed by atoms with E-state index in [-0.39, 0.29) is 24.2 Å². The molecule has 0 bridgehead atoms. The van der Waals surface area contributed by atoms with Crippen LogP contribution < -0.4 is 20.9 Å². The second-order valence-electron chi connectivity index (χ2n) is 10.9. The van der Waals surface area contributed by atoms with Crippen LogP contribution in [0.15, 0.2) is 30.3 Å². The summed E-state index contributed by atoms with van der Waals surface area (Å²) in [6.45, 7) is 8.89. The molecule has 2 aliphatic heterocycles. The minimum absolute atomic E-state index is 0.153. The fourth-order valence-corrected chi connectivity index (χ4v) is 5.35. The van der Waals surface area contributed by atoms with Gasteiger partial charge in [0.05, 0.1) is 6.10 Å². The zero-order valence-electron chi connectivity index (χ0n) is 21.9. The summed E-state index contributed by atoms with van der Waals surface area (Å²) in [5, 5.41) is 30.3. The van der Waals surface area contributed by atoms with Crippen LogP contribution in [0, 0.1) is 0 Å². The van der Waals surface area contributed by atoms with Crippen molar-refractivity contribution in [2.75, 3.05) is 42.9 Å². The number of phenols is 1. The lowest BCUT2D eigenvalue weighted by Crippen LogP contribution is -2.49. The quantitative estimate of drug-likeness (QED) is 0.369. The zero-order valence-corrected chi connectivity index (χ0v) is 21.9. The van der Waals surface area contributed by atoms with Gasteiger partial charge in [0.2, 0.25) is 0 Å². The second kappa shape index (κ2) is 11.2. The topological polar surface area (TPSA) is 113 Å². The smallest absolute Gasteiger partial charge is 0.251 e. The van der Waals surface area contributed by atoms with Gasteiger partial charge in [-0.2, -0.15) is 0 Å². The predicted molar refractivity (Wildman–Crippen MR) is 145 cm³/mol. The molecule has 9 nitrogen and oxygen atoms in total. The number of nitrogens with zero attached hydrogens (tertiary/aromatic N) is 3. The molecule has 2 fully saturated rings. The van der Waals surface area contributed by atoms with Crippen molar-refractivity contribution in [2.24, 2.45) is 0 Å². The van der Waals surface area contributed by atoms with E-state index in [0.29, 0.717) is 30.6 Å². The maximum atomic E-state index is 13.2. The molecule has 3 heterocycles. The maximum absolute atomic E-state index is 13.2. The Morgan fingerprint density at radius 1 is 1.14 bits per heavy atom. The number of carbonyl (C=O) groups excluding carboxylic acids is 1. The molecule has 1 aliphatic carbocycles. The minimum Gasteiger partial charge on any atom is -0.508 e. The Labute approximate surface area is 219 Å². The molecular formula is C28H40N6O3. The summed E-state index contributed by atoms with van der Waals surface area (Å²) in [5.74, 6) is 1.61. The van der Waals surface area contributed by atoms with Crippen molar-refractivity contribution in [1.82, 2.24) is 20.5 Å². The van der Waals surface area contributed by atoms with Crippen LogP contribution in [0.1, 0.15) is 54.6 Å². The highest BCUT2D eigenvalue weighted by Gasteiger charge is 2.26. The van der Waals surface area contributed by atoms with Gasteiger partial charge in [-0.05, 0) is 74.9 Å². The first-order valence-electron chi connectivity index (χ1n) is 13.6. The van der Waals surface area contributed by atoms with Gasteiger partial charge in [0.1, 0.15) is 17.4 Å². The van der Waals surface area contributed by atoms with E-state index in [1.807, 2.05) is 18.2 Å². The molecule has 5 rings (SSSR count). The lowest BCUT2D eigenvalue weighted by molar-refractivity contribution is 0.0870.